The van der Waals surface area contributed by atoms with Crippen LogP contribution in [0.4, 0.5) is 0 Å². The zero-order chi connectivity index (χ0) is 8.55. The summed E-state index contributed by atoms with van der Waals surface area (Å²) in [6, 6.07) is 5.93. The Balaban J connectivity index is 2.91. The number of hydrogen-bond acceptors (Lipinski definition) is 1. The number of terminal acetylenes is 1. The molecule has 12 heavy (non-hydrogen) atoms. The lowest BCUT2D eigenvalue weighted by atomic mass is 10.2. The van der Waals surface area contributed by atoms with Gasteiger partial charge in [0.05, 0.1) is 11.7 Å². The molecular formula is C10H8N2. The number of aryl methyl sites for hydroxylation is 1. The fraction of sp³-hybridized carbons (Fsp3) is 0.100. The second kappa shape index (κ2) is 2.38. The molecule has 0 amide bonds. The molecule has 58 valence electrons. The average molecular weight is 156 g/mol. The van der Waals surface area contributed by atoms with E-state index in [1.807, 2.05) is 25.1 Å². The second-order valence-corrected chi connectivity index (χ2v) is 2.73. The second-order valence-electron chi connectivity index (χ2n) is 2.73. The maximum atomic E-state index is 5.33. The van der Waals surface area contributed by atoms with Gasteiger partial charge in [-0.05, 0) is 30.7 Å². The molecule has 0 atom stereocenters. The summed E-state index contributed by atoms with van der Waals surface area (Å²) in [6.45, 7) is 2.02. The molecule has 0 unspecified atom stereocenters. The molecule has 0 saturated carbocycles. The van der Waals surface area contributed by atoms with Crippen LogP contribution in [0.2, 0.25) is 0 Å². The van der Waals surface area contributed by atoms with E-state index >= 15 is 0 Å². The van der Waals surface area contributed by atoms with Crippen LogP contribution in [0.1, 0.15) is 11.3 Å². The Morgan fingerprint density at radius 1 is 1.50 bits per heavy atom. The maximum absolute atomic E-state index is 5.33. The van der Waals surface area contributed by atoms with Crippen LogP contribution in [-0.2, 0) is 0 Å². The first kappa shape index (κ1) is 6.93. The summed E-state index contributed by atoms with van der Waals surface area (Å²) in [4.78, 5) is 0. The largest absolute Gasteiger partial charge is 0.225 e. The molecular weight excluding hydrogens is 148 g/mol. The molecule has 2 nitrogen and oxygen atoms in total. The first-order valence-electron chi connectivity index (χ1n) is 3.72. The Labute approximate surface area is 70.8 Å². The average Bonchev–Trinajstić information content (AvgIpc) is 2.50. The van der Waals surface area contributed by atoms with Crippen molar-refractivity contribution in [1.29, 1.82) is 0 Å². The minimum Gasteiger partial charge on any atom is -0.225 e. The number of pyridine rings is 1. The molecule has 0 aliphatic rings. The van der Waals surface area contributed by atoms with E-state index < -0.39 is 0 Å². The SMILES string of the molecule is C#Cc1cc(C)cc2ccnn12. The molecule has 0 aliphatic heterocycles. The van der Waals surface area contributed by atoms with Gasteiger partial charge >= 0.3 is 0 Å². The van der Waals surface area contributed by atoms with Crippen molar-refractivity contribution in [2.45, 2.75) is 6.92 Å². The Morgan fingerprint density at radius 3 is 3.08 bits per heavy atom. The summed E-state index contributed by atoms with van der Waals surface area (Å²) in [5.74, 6) is 2.60. The fourth-order valence-electron chi connectivity index (χ4n) is 1.28. The number of rotatable bonds is 0. The van der Waals surface area contributed by atoms with Crippen molar-refractivity contribution in [1.82, 2.24) is 9.61 Å². The first-order chi connectivity index (χ1) is 5.81. The molecule has 2 heteroatoms. The Hall–Kier alpha value is -1.75. The summed E-state index contributed by atoms with van der Waals surface area (Å²) >= 11 is 0. The molecule has 0 fully saturated rings. The lowest BCUT2D eigenvalue weighted by Gasteiger charge is -1.98. The summed E-state index contributed by atoms with van der Waals surface area (Å²) < 4.78 is 1.76. The zero-order valence-corrected chi connectivity index (χ0v) is 6.78. The highest BCUT2D eigenvalue weighted by Crippen LogP contribution is 2.09. The van der Waals surface area contributed by atoms with Crippen molar-refractivity contribution in [2.24, 2.45) is 0 Å². The zero-order valence-electron chi connectivity index (χ0n) is 6.78. The van der Waals surface area contributed by atoms with E-state index in [2.05, 4.69) is 11.0 Å². The summed E-state index contributed by atoms with van der Waals surface area (Å²) in [5, 5.41) is 4.10. The highest BCUT2D eigenvalue weighted by Gasteiger charge is 1.98. The number of nitrogens with zero attached hydrogens (tertiary/aromatic N) is 2. The minimum atomic E-state index is 0.801. The van der Waals surface area contributed by atoms with E-state index in [1.165, 1.54) is 0 Å². The first-order valence-corrected chi connectivity index (χ1v) is 3.72. The summed E-state index contributed by atoms with van der Waals surface area (Å²) in [7, 11) is 0. The standard InChI is InChI=1S/C10H8N2/c1-3-9-6-8(2)7-10-4-5-11-12(9)10/h1,4-7H,2H3. The van der Waals surface area contributed by atoms with E-state index in [1.54, 1.807) is 10.7 Å². The van der Waals surface area contributed by atoms with E-state index in [0.717, 1.165) is 16.8 Å². The third-order valence-corrected chi connectivity index (χ3v) is 1.79. The predicted octanol–water partition coefficient (Wildman–Crippen LogP) is 1.62. The lowest BCUT2D eigenvalue weighted by molar-refractivity contribution is 0.941. The highest BCUT2D eigenvalue weighted by molar-refractivity contribution is 5.51. The van der Waals surface area contributed by atoms with Gasteiger partial charge in [0.2, 0.25) is 0 Å². The van der Waals surface area contributed by atoms with Crippen molar-refractivity contribution in [2.75, 3.05) is 0 Å². The Kier molecular flexibility index (Phi) is 1.38. The van der Waals surface area contributed by atoms with Crippen LogP contribution in [0, 0.1) is 19.3 Å². The third kappa shape index (κ3) is 0.876. The van der Waals surface area contributed by atoms with Gasteiger partial charge in [-0.25, -0.2) is 4.52 Å². The molecule has 2 aromatic rings. The van der Waals surface area contributed by atoms with Crippen molar-refractivity contribution in [3.8, 4) is 12.3 Å². The number of aromatic nitrogens is 2. The Bertz CT molecular complexity index is 460. The van der Waals surface area contributed by atoms with Crippen LogP contribution in [-0.4, -0.2) is 9.61 Å². The van der Waals surface area contributed by atoms with Crippen molar-refractivity contribution in [3.63, 3.8) is 0 Å². The van der Waals surface area contributed by atoms with Crippen LogP contribution < -0.4 is 0 Å². The van der Waals surface area contributed by atoms with Gasteiger partial charge < -0.3 is 0 Å². The molecule has 0 aromatic carbocycles. The van der Waals surface area contributed by atoms with E-state index in [9.17, 15) is 0 Å². The molecule has 0 radical (unpaired) electrons. The van der Waals surface area contributed by atoms with Gasteiger partial charge in [-0.3, -0.25) is 0 Å². The van der Waals surface area contributed by atoms with Gasteiger partial charge in [0.1, 0.15) is 5.69 Å². The Morgan fingerprint density at radius 2 is 2.33 bits per heavy atom. The maximum Gasteiger partial charge on any atom is 0.115 e. The molecule has 0 spiro atoms. The molecule has 0 N–H and O–H groups in total. The smallest absolute Gasteiger partial charge is 0.115 e. The quantitative estimate of drug-likeness (QED) is 0.530. The van der Waals surface area contributed by atoms with E-state index in [4.69, 9.17) is 6.42 Å². The fourth-order valence-corrected chi connectivity index (χ4v) is 1.28. The van der Waals surface area contributed by atoms with Crippen LogP contribution in [0.3, 0.4) is 0 Å². The summed E-state index contributed by atoms with van der Waals surface area (Å²) in [5.41, 5.74) is 3.01. The van der Waals surface area contributed by atoms with Crippen LogP contribution >= 0.6 is 0 Å². The number of fused-ring (bicyclic) bond motifs is 1. The highest BCUT2D eigenvalue weighted by atomic mass is 15.2. The topological polar surface area (TPSA) is 17.3 Å². The normalized spacial score (nSPS) is 10.0. The van der Waals surface area contributed by atoms with Gasteiger partial charge in [-0.2, -0.15) is 5.10 Å². The van der Waals surface area contributed by atoms with Crippen molar-refractivity contribution < 1.29 is 0 Å². The van der Waals surface area contributed by atoms with E-state index in [-0.39, 0.29) is 0 Å². The third-order valence-electron chi connectivity index (χ3n) is 1.79. The van der Waals surface area contributed by atoms with Crippen LogP contribution in [0.25, 0.3) is 5.52 Å². The van der Waals surface area contributed by atoms with Gasteiger partial charge in [0, 0.05) is 0 Å². The molecule has 2 heterocycles. The van der Waals surface area contributed by atoms with Crippen LogP contribution in [0.15, 0.2) is 24.4 Å². The van der Waals surface area contributed by atoms with Gasteiger partial charge in [-0.15, -0.1) is 6.42 Å². The van der Waals surface area contributed by atoms with Gasteiger partial charge in [0.15, 0.2) is 0 Å². The predicted molar refractivity (Wildman–Crippen MR) is 47.9 cm³/mol. The number of hydrogen-bond donors (Lipinski definition) is 0. The van der Waals surface area contributed by atoms with Gasteiger partial charge in [-0.1, -0.05) is 5.92 Å². The van der Waals surface area contributed by atoms with E-state index in [0.29, 0.717) is 0 Å². The molecule has 0 bridgehead atoms. The van der Waals surface area contributed by atoms with Crippen LogP contribution in [0.5, 0.6) is 0 Å². The van der Waals surface area contributed by atoms with Crippen molar-refractivity contribution >= 4 is 5.52 Å². The summed E-state index contributed by atoms with van der Waals surface area (Å²) in [6.07, 6.45) is 7.08. The monoisotopic (exact) mass is 156 g/mol. The van der Waals surface area contributed by atoms with Crippen molar-refractivity contribution in [3.05, 3.63) is 35.7 Å². The lowest BCUT2D eigenvalue weighted by Crippen LogP contribution is -1.94. The molecule has 2 rings (SSSR count). The molecule has 0 aliphatic carbocycles. The minimum absolute atomic E-state index is 0.801. The van der Waals surface area contributed by atoms with Gasteiger partial charge in [0.25, 0.3) is 0 Å². The molecule has 2 aromatic heterocycles. The molecule has 0 saturated heterocycles.